The Bertz CT molecular complexity index is 565. The van der Waals surface area contributed by atoms with Crippen LogP contribution in [0, 0.1) is 13.8 Å². The lowest BCUT2D eigenvalue weighted by Gasteiger charge is -2.25. The van der Waals surface area contributed by atoms with E-state index in [1.165, 1.54) is 16.7 Å². The van der Waals surface area contributed by atoms with Crippen LogP contribution in [0.4, 0.5) is 0 Å². The van der Waals surface area contributed by atoms with Gasteiger partial charge in [-0.2, -0.15) is 0 Å². The van der Waals surface area contributed by atoms with Crippen molar-refractivity contribution in [1.82, 2.24) is 0 Å². The topological polar surface area (TPSA) is 20.2 Å². The third kappa shape index (κ3) is 2.71. The van der Waals surface area contributed by atoms with Crippen LogP contribution in [-0.2, 0) is 12.0 Å². The largest absolute Gasteiger partial charge is 0.381 e. The van der Waals surface area contributed by atoms with Crippen LogP contribution in [0.1, 0.15) is 41.7 Å². The van der Waals surface area contributed by atoms with Crippen LogP contribution in [0.2, 0.25) is 0 Å². The highest BCUT2D eigenvalue weighted by Gasteiger charge is 2.25. The molecule has 100 valence electrons. The molecular formula is C18H22O. The van der Waals surface area contributed by atoms with Gasteiger partial charge in [0.2, 0.25) is 0 Å². The molecule has 0 aliphatic rings. The zero-order valence-electron chi connectivity index (χ0n) is 12.2. The quantitative estimate of drug-likeness (QED) is 0.873. The van der Waals surface area contributed by atoms with Gasteiger partial charge in [-0.15, -0.1) is 0 Å². The van der Waals surface area contributed by atoms with Gasteiger partial charge >= 0.3 is 0 Å². The monoisotopic (exact) mass is 254 g/mol. The number of benzene rings is 2. The Morgan fingerprint density at radius 2 is 1.47 bits per heavy atom. The first-order valence-electron chi connectivity index (χ1n) is 6.84. The van der Waals surface area contributed by atoms with E-state index in [1.807, 2.05) is 25.1 Å². The molecule has 1 atom stereocenters. The van der Waals surface area contributed by atoms with Crippen molar-refractivity contribution in [3.63, 3.8) is 0 Å². The Labute approximate surface area is 115 Å². The molecular weight excluding hydrogens is 232 g/mol. The molecule has 0 radical (unpaired) electrons. The van der Waals surface area contributed by atoms with Crippen LogP contribution in [0.3, 0.4) is 0 Å². The number of rotatable bonds is 3. The Hall–Kier alpha value is -1.60. The molecule has 0 spiro atoms. The second kappa shape index (κ2) is 5.18. The molecule has 1 unspecified atom stereocenters. The van der Waals surface area contributed by atoms with Gasteiger partial charge < -0.3 is 5.11 Å². The van der Waals surface area contributed by atoms with E-state index in [1.54, 1.807) is 0 Å². The van der Waals surface area contributed by atoms with Gasteiger partial charge in [0, 0.05) is 0 Å². The summed E-state index contributed by atoms with van der Waals surface area (Å²) < 4.78 is 0. The molecule has 0 saturated carbocycles. The summed E-state index contributed by atoms with van der Waals surface area (Å²) in [5.74, 6) is 0. The molecule has 0 fully saturated rings. The fourth-order valence-electron chi connectivity index (χ4n) is 2.28. The number of aliphatic hydroxyl groups is 1. The summed E-state index contributed by atoms with van der Waals surface area (Å²) in [7, 11) is 0. The number of hydrogen-bond acceptors (Lipinski definition) is 1. The SMILES string of the molecule is CCc1ccc(C(C)(O)c2ccc(C)c(C)c2)cc1. The van der Waals surface area contributed by atoms with E-state index in [4.69, 9.17) is 0 Å². The molecule has 1 nitrogen and oxygen atoms in total. The Kier molecular flexibility index (Phi) is 3.77. The maximum Gasteiger partial charge on any atom is 0.112 e. The molecule has 0 amide bonds. The van der Waals surface area contributed by atoms with Crippen molar-refractivity contribution in [2.24, 2.45) is 0 Å². The molecule has 0 aliphatic heterocycles. The highest BCUT2D eigenvalue weighted by molar-refractivity contribution is 5.40. The molecule has 19 heavy (non-hydrogen) atoms. The first-order chi connectivity index (χ1) is 8.95. The molecule has 1 heteroatoms. The van der Waals surface area contributed by atoms with Gasteiger partial charge in [-0.1, -0.05) is 49.4 Å². The minimum atomic E-state index is -0.940. The van der Waals surface area contributed by atoms with Gasteiger partial charge in [0.15, 0.2) is 0 Å². The second-order valence-corrected chi connectivity index (χ2v) is 5.42. The van der Waals surface area contributed by atoms with Gasteiger partial charge in [0.05, 0.1) is 0 Å². The summed E-state index contributed by atoms with van der Waals surface area (Å²) in [6.45, 7) is 8.16. The zero-order valence-corrected chi connectivity index (χ0v) is 12.2. The van der Waals surface area contributed by atoms with Gasteiger partial charge in [0.25, 0.3) is 0 Å². The lowest BCUT2D eigenvalue weighted by Crippen LogP contribution is -2.23. The van der Waals surface area contributed by atoms with Gasteiger partial charge in [-0.3, -0.25) is 0 Å². The van der Waals surface area contributed by atoms with Crippen molar-refractivity contribution >= 4 is 0 Å². The Morgan fingerprint density at radius 3 is 2.00 bits per heavy atom. The summed E-state index contributed by atoms with van der Waals surface area (Å²) in [6.07, 6.45) is 1.02. The zero-order chi connectivity index (χ0) is 14.0. The molecule has 0 saturated heterocycles. The van der Waals surface area contributed by atoms with Gasteiger partial charge in [0.1, 0.15) is 5.60 Å². The molecule has 2 aromatic carbocycles. The average Bonchev–Trinajstić information content (AvgIpc) is 2.41. The normalized spacial score (nSPS) is 14.2. The summed E-state index contributed by atoms with van der Waals surface area (Å²) in [5.41, 5.74) is 4.70. The lowest BCUT2D eigenvalue weighted by molar-refractivity contribution is 0.102. The van der Waals surface area contributed by atoms with E-state index >= 15 is 0 Å². The second-order valence-electron chi connectivity index (χ2n) is 5.42. The summed E-state index contributed by atoms with van der Waals surface area (Å²) >= 11 is 0. The smallest absolute Gasteiger partial charge is 0.112 e. The lowest BCUT2D eigenvalue weighted by atomic mass is 9.86. The molecule has 0 heterocycles. The predicted octanol–water partition coefficient (Wildman–Crippen LogP) is 4.12. The molecule has 0 bridgehead atoms. The van der Waals surface area contributed by atoms with Gasteiger partial charge in [-0.05, 0) is 55.0 Å². The minimum Gasteiger partial charge on any atom is -0.381 e. The van der Waals surface area contributed by atoms with Crippen LogP contribution in [0.15, 0.2) is 42.5 Å². The van der Waals surface area contributed by atoms with Crippen molar-refractivity contribution in [1.29, 1.82) is 0 Å². The minimum absolute atomic E-state index is 0.938. The maximum absolute atomic E-state index is 10.8. The van der Waals surface area contributed by atoms with Crippen LogP contribution in [-0.4, -0.2) is 5.11 Å². The van der Waals surface area contributed by atoms with E-state index in [-0.39, 0.29) is 0 Å². The molecule has 2 aromatic rings. The third-order valence-corrected chi connectivity index (χ3v) is 3.99. The van der Waals surface area contributed by atoms with Crippen LogP contribution >= 0.6 is 0 Å². The van der Waals surface area contributed by atoms with Crippen molar-refractivity contribution in [3.8, 4) is 0 Å². The molecule has 1 N–H and O–H groups in total. The van der Waals surface area contributed by atoms with Crippen molar-refractivity contribution in [2.45, 2.75) is 39.7 Å². The Morgan fingerprint density at radius 1 is 0.895 bits per heavy atom. The highest BCUT2D eigenvalue weighted by atomic mass is 16.3. The van der Waals surface area contributed by atoms with E-state index in [0.717, 1.165) is 17.5 Å². The molecule has 2 rings (SSSR count). The van der Waals surface area contributed by atoms with E-state index in [9.17, 15) is 5.11 Å². The fourth-order valence-corrected chi connectivity index (χ4v) is 2.28. The van der Waals surface area contributed by atoms with Crippen LogP contribution in [0.25, 0.3) is 0 Å². The van der Waals surface area contributed by atoms with E-state index < -0.39 is 5.60 Å². The third-order valence-electron chi connectivity index (χ3n) is 3.99. The van der Waals surface area contributed by atoms with Gasteiger partial charge in [-0.25, -0.2) is 0 Å². The van der Waals surface area contributed by atoms with Crippen LogP contribution in [0.5, 0.6) is 0 Å². The molecule has 0 aliphatic carbocycles. The number of hydrogen-bond donors (Lipinski definition) is 1. The molecule has 0 aromatic heterocycles. The average molecular weight is 254 g/mol. The first-order valence-corrected chi connectivity index (χ1v) is 6.84. The van der Waals surface area contributed by atoms with E-state index in [2.05, 4.69) is 45.0 Å². The predicted molar refractivity (Wildman–Crippen MR) is 80.4 cm³/mol. The van der Waals surface area contributed by atoms with Crippen molar-refractivity contribution in [3.05, 3.63) is 70.3 Å². The standard InChI is InChI=1S/C18H22O/c1-5-15-7-10-16(11-8-15)18(4,19)17-9-6-13(2)14(3)12-17/h6-12,19H,5H2,1-4H3. The fraction of sp³-hybridized carbons (Fsp3) is 0.333. The van der Waals surface area contributed by atoms with Crippen molar-refractivity contribution in [2.75, 3.05) is 0 Å². The van der Waals surface area contributed by atoms with Crippen molar-refractivity contribution < 1.29 is 5.11 Å². The first kappa shape index (κ1) is 13.8. The summed E-state index contributed by atoms with van der Waals surface area (Å²) in [4.78, 5) is 0. The van der Waals surface area contributed by atoms with E-state index in [0.29, 0.717) is 0 Å². The summed E-state index contributed by atoms with van der Waals surface area (Å²) in [6, 6.07) is 14.4. The summed E-state index contributed by atoms with van der Waals surface area (Å²) in [5, 5.41) is 10.8. The van der Waals surface area contributed by atoms with Crippen LogP contribution < -0.4 is 0 Å². The number of aryl methyl sites for hydroxylation is 3. The highest BCUT2D eigenvalue weighted by Crippen LogP contribution is 2.30. The Balaban J connectivity index is 2.41. The maximum atomic E-state index is 10.8.